The van der Waals surface area contributed by atoms with E-state index >= 15 is 0 Å². The molecule has 0 aliphatic heterocycles. The smallest absolute Gasteiger partial charge is 0.248 e. The van der Waals surface area contributed by atoms with E-state index in [0.29, 0.717) is 27.9 Å². The lowest BCUT2D eigenvalue weighted by Gasteiger charge is -2.14. The second-order valence-electron chi connectivity index (χ2n) is 6.14. The van der Waals surface area contributed by atoms with E-state index < -0.39 is 5.91 Å². The molecule has 0 unspecified atom stereocenters. The van der Waals surface area contributed by atoms with Crippen LogP contribution >= 0.6 is 11.8 Å². The van der Waals surface area contributed by atoms with Crippen molar-refractivity contribution in [2.75, 3.05) is 12.4 Å². The second kappa shape index (κ2) is 9.70. The number of carbonyl (C=O) groups excluding carboxylic acids is 2. The third-order valence-corrected chi connectivity index (χ3v) is 4.97. The number of amides is 2. The van der Waals surface area contributed by atoms with Gasteiger partial charge < -0.3 is 20.4 Å². The van der Waals surface area contributed by atoms with Gasteiger partial charge in [-0.25, -0.2) is 9.97 Å². The van der Waals surface area contributed by atoms with Gasteiger partial charge in [0.15, 0.2) is 10.9 Å². The van der Waals surface area contributed by atoms with Crippen molar-refractivity contribution in [2.45, 2.75) is 17.5 Å². The average Bonchev–Trinajstić information content (AvgIpc) is 2.74. The Bertz CT molecular complexity index is 1100. The molecule has 0 saturated carbocycles. The summed E-state index contributed by atoms with van der Waals surface area (Å²) < 4.78 is 6.74. The Labute approximate surface area is 176 Å². The van der Waals surface area contributed by atoms with E-state index in [1.807, 2.05) is 0 Å². The van der Waals surface area contributed by atoms with E-state index in [4.69, 9.17) is 10.5 Å². The van der Waals surface area contributed by atoms with Gasteiger partial charge in [-0.1, -0.05) is 11.8 Å². The zero-order valence-corrected chi connectivity index (χ0v) is 16.9. The normalized spacial score (nSPS) is 10.4. The van der Waals surface area contributed by atoms with Gasteiger partial charge >= 0.3 is 0 Å². The average molecular weight is 425 g/mol. The maximum absolute atomic E-state index is 12.5. The van der Waals surface area contributed by atoms with Crippen LogP contribution in [0.3, 0.4) is 0 Å². The Morgan fingerprint density at radius 2 is 1.90 bits per heavy atom. The van der Waals surface area contributed by atoms with Crippen LogP contribution in [0.15, 0.2) is 64.9 Å². The number of rotatable bonds is 8. The highest BCUT2D eigenvalue weighted by Crippen LogP contribution is 2.19. The molecule has 3 N–H and O–H groups in total. The van der Waals surface area contributed by atoms with Gasteiger partial charge in [0, 0.05) is 41.2 Å². The second-order valence-corrected chi connectivity index (χ2v) is 7.08. The van der Waals surface area contributed by atoms with Crippen molar-refractivity contribution >= 4 is 29.3 Å². The number of aromatic nitrogens is 3. The summed E-state index contributed by atoms with van der Waals surface area (Å²) in [6.45, 7) is -0.0419. The van der Waals surface area contributed by atoms with Crippen LogP contribution in [0, 0.1) is 0 Å². The molecule has 0 fully saturated rings. The van der Waals surface area contributed by atoms with E-state index in [1.165, 1.54) is 43.3 Å². The molecule has 10 heteroatoms. The highest BCUT2D eigenvalue weighted by Gasteiger charge is 2.12. The Morgan fingerprint density at radius 3 is 2.53 bits per heavy atom. The van der Waals surface area contributed by atoms with Gasteiger partial charge in [0.25, 0.3) is 0 Å². The largest absolute Gasteiger partial charge is 0.491 e. The number of hydrogen-bond donors (Lipinski definition) is 2. The van der Waals surface area contributed by atoms with Crippen molar-refractivity contribution in [3.05, 3.63) is 76.5 Å². The molecule has 2 heterocycles. The summed E-state index contributed by atoms with van der Waals surface area (Å²) in [6.07, 6.45) is 4.76. The minimum absolute atomic E-state index is 0.0419. The predicted octanol–water partition coefficient (Wildman–Crippen LogP) is 1.68. The number of pyridine rings is 1. The first-order valence-corrected chi connectivity index (χ1v) is 9.81. The van der Waals surface area contributed by atoms with Gasteiger partial charge in [0.05, 0.1) is 13.3 Å². The Balaban J connectivity index is 1.76. The Hall–Kier alpha value is -3.66. The van der Waals surface area contributed by atoms with Crippen molar-refractivity contribution in [1.29, 1.82) is 0 Å². The summed E-state index contributed by atoms with van der Waals surface area (Å²) in [5.74, 6) is -0.324. The van der Waals surface area contributed by atoms with E-state index in [0.717, 1.165) is 0 Å². The fourth-order valence-corrected chi connectivity index (χ4v) is 3.39. The van der Waals surface area contributed by atoms with Crippen molar-refractivity contribution in [2.24, 2.45) is 5.73 Å². The van der Waals surface area contributed by atoms with Crippen LogP contribution in [0.4, 0.5) is 5.69 Å². The molecule has 0 aliphatic rings. The first-order chi connectivity index (χ1) is 14.5. The maximum Gasteiger partial charge on any atom is 0.248 e. The van der Waals surface area contributed by atoms with Gasteiger partial charge in [-0.2, -0.15) is 0 Å². The molecule has 2 aromatic heterocycles. The summed E-state index contributed by atoms with van der Waals surface area (Å²) in [5, 5.41) is 3.31. The number of nitrogens with zero attached hydrogens (tertiary/aromatic N) is 3. The first-order valence-electron chi connectivity index (χ1n) is 8.83. The van der Waals surface area contributed by atoms with Crippen LogP contribution in [0.2, 0.25) is 0 Å². The lowest BCUT2D eigenvalue weighted by Crippen LogP contribution is -2.23. The molecule has 1 aromatic carbocycles. The zero-order valence-electron chi connectivity index (χ0n) is 16.1. The fourth-order valence-electron chi connectivity index (χ4n) is 2.59. The van der Waals surface area contributed by atoms with Crippen molar-refractivity contribution < 1.29 is 14.3 Å². The lowest BCUT2D eigenvalue weighted by atomic mass is 10.2. The van der Waals surface area contributed by atoms with Crippen molar-refractivity contribution in [3.8, 4) is 5.75 Å². The quantitative estimate of drug-likeness (QED) is 0.415. The molecule has 0 radical (unpaired) electrons. The first kappa shape index (κ1) is 21.1. The molecule has 0 spiro atoms. The van der Waals surface area contributed by atoms with E-state index in [-0.39, 0.29) is 23.6 Å². The molecule has 9 nitrogen and oxygen atoms in total. The predicted molar refractivity (Wildman–Crippen MR) is 112 cm³/mol. The van der Waals surface area contributed by atoms with Gasteiger partial charge in [-0.15, -0.1) is 0 Å². The van der Waals surface area contributed by atoms with Crippen LogP contribution in [0.5, 0.6) is 5.75 Å². The van der Waals surface area contributed by atoms with Gasteiger partial charge in [-0.3, -0.25) is 14.4 Å². The maximum atomic E-state index is 12.5. The van der Waals surface area contributed by atoms with Gasteiger partial charge in [-0.05, 0) is 30.3 Å². The number of thioether (sulfide) groups is 1. The molecule has 0 atom stereocenters. The third kappa shape index (κ3) is 5.45. The number of nitrogens with one attached hydrogen (secondary N) is 1. The third-order valence-electron chi connectivity index (χ3n) is 4.06. The molecule has 0 bridgehead atoms. The summed E-state index contributed by atoms with van der Waals surface area (Å²) in [4.78, 5) is 44.2. The Morgan fingerprint density at radius 1 is 1.20 bits per heavy atom. The van der Waals surface area contributed by atoms with Crippen LogP contribution < -0.4 is 21.2 Å². The monoisotopic (exact) mass is 425 g/mol. The summed E-state index contributed by atoms with van der Waals surface area (Å²) in [5.41, 5.74) is 6.43. The Kier molecular flexibility index (Phi) is 6.81. The molecule has 3 aromatic rings. The standard InChI is InChI=1S/C20H19N5O4S/c1-29-17-10-25(11-18(27)24-14-5-3-13(4-6-14)19(21)28)15(9-16(17)26)12-30-20-22-7-2-8-23-20/h2-10H,11-12H2,1H3,(H2,21,28)(H,24,27). The summed E-state index contributed by atoms with van der Waals surface area (Å²) in [6, 6.07) is 9.39. The molecule has 30 heavy (non-hydrogen) atoms. The molecule has 3 rings (SSSR count). The van der Waals surface area contributed by atoms with Gasteiger partial charge in [0.2, 0.25) is 17.2 Å². The lowest BCUT2D eigenvalue weighted by molar-refractivity contribution is -0.116. The van der Waals surface area contributed by atoms with Gasteiger partial charge in [0.1, 0.15) is 6.54 Å². The minimum Gasteiger partial charge on any atom is -0.491 e. The minimum atomic E-state index is -0.544. The zero-order chi connectivity index (χ0) is 21.5. The fraction of sp³-hybridized carbons (Fsp3) is 0.150. The highest BCUT2D eigenvalue weighted by molar-refractivity contribution is 7.98. The summed E-state index contributed by atoms with van der Waals surface area (Å²) in [7, 11) is 1.40. The van der Waals surface area contributed by atoms with Crippen LogP contribution in [-0.2, 0) is 17.1 Å². The molecule has 0 aliphatic carbocycles. The van der Waals surface area contributed by atoms with Crippen LogP contribution in [0.25, 0.3) is 0 Å². The number of nitrogens with two attached hydrogens (primary N) is 1. The molecule has 0 saturated heterocycles. The van der Waals surface area contributed by atoms with E-state index in [1.54, 1.807) is 35.2 Å². The molecular weight excluding hydrogens is 406 g/mol. The number of methoxy groups -OCH3 is 1. The SMILES string of the molecule is COc1cn(CC(=O)Nc2ccc(C(N)=O)cc2)c(CSc2ncccn2)cc1=O. The van der Waals surface area contributed by atoms with E-state index in [2.05, 4.69) is 15.3 Å². The molecular formula is C20H19N5O4S. The van der Waals surface area contributed by atoms with Crippen molar-refractivity contribution in [3.63, 3.8) is 0 Å². The topological polar surface area (TPSA) is 129 Å². The highest BCUT2D eigenvalue weighted by atomic mass is 32.2. The number of primary amides is 1. The molecule has 2 amide bonds. The number of anilines is 1. The number of carbonyl (C=O) groups is 2. The van der Waals surface area contributed by atoms with Crippen molar-refractivity contribution in [1.82, 2.24) is 14.5 Å². The number of hydrogen-bond acceptors (Lipinski definition) is 7. The van der Waals surface area contributed by atoms with Crippen LogP contribution in [0.1, 0.15) is 16.1 Å². The number of benzene rings is 1. The van der Waals surface area contributed by atoms with Crippen LogP contribution in [-0.4, -0.2) is 33.5 Å². The van der Waals surface area contributed by atoms with E-state index in [9.17, 15) is 14.4 Å². The summed E-state index contributed by atoms with van der Waals surface area (Å²) >= 11 is 1.35. The molecule has 154 valence electrons. The number of ether oxygens (including phenoxy) is 1.